The molecule has 0 spiro atoms. The molecule has 8 heteroatoms. The number of unbranched alkanes of at least 4 members (excludes halogenated alkanes) is 2. The van der Waals surface area contributed by atoms with Crippen molar-refractivity contribution in [2.24, 2.45) is 0 Å². The SMILES string of the molecule is C=CCOC(=O)C1=C(C)Nc2ncnn2C1c1ccc(OCCCCC)c(OC)c1. The molecule has 0 amide bonds. The molecule has 2 aromatic rings. The second kappa shape index (κ2) is 9.96. The molecule has 30 heavy (non-hydrogen) atoms. The van der Waals surface area contributed by atoms with Crippen LogP contribution in [0.25, 0.3) is 0 Å². The average molecular weight is 412 g/mol. The molecule has 1 atom stereocenters. The fourth-order valence-electron chi connectivity index (χ4n) is 3.38. The average Bonchev–Trinajstić information content (AvgIpc) is 3.22. The summed E-state index contributed by atoms with van der Waals surface area (Å²) in [5.74, 6) is 1.38. The van der Waals surface area contributed by atoms with Gasteiger partial charge in [-0.1, -0.05) is 38.5 Å². The zero-order chi connectivity index (χ0) is 21.5. The number of nitrogens with zero attached hydrogens (tertiary/aromatic N) is 3. The van der Waals surface area contributed by atoms with Crippen molar-refractivity contribution in [2.75, 3.05) is 25.6 Å². The minimum absolute atomic E-state index is 0.125. The van der Waals surface area contributed by atoms with E-state index in [4.69, 9.17) is 14.2 Å². The number of ether oxygens (including phenoxy) is 3. The summed E-state index contributed by atoms with van der Waals surface area (Å²) in [5, 5.41) is 7.43. The van der Waals surface area contributed by atoms with Gasteiger partial charge in [-0.05, 0) is 31.0 Å². The topological polar surface area (TPSA) is 87.5 Å². The molecule has 0 bridgehead atoms. The van der Waals surface area contributed by atoms with E-state index in [1.807, 2.05) is 25.1 Å². The van der Waals surface area contributed by atoms with E-state index in [1.165, 1.54) is 12.4 Å². The van der Waals surface area contributed by atoms with Crippen LogP contribution in [-0.2, 0) is 9.53 Å². The van der Waals surface area contributed by atoms with Crippen LogP contribution >= 0.6 is 0 Å². The van der Waals surface area contributed by atoms with Crippen molar-refractivity contribution in [1.82, 2.24) is 14.8 Å². The molecule has 160 valence electrons. The van der Waals surface area contributed by atoms with Crippen LogP contribution in [0.3, 0.4) is 0 Å². The largest absolute Gasteiger partial charge is 0.493 e. The second-order valence-electron chi connectivity index (χ2n) is 6.95. The van der Waals surface area contributed by atoms with Crippen molar-refractivity contribution in [3.05, 3.63) is 54.0 Å². The van der Waals surface area contributed by atoms with Gasteiger partial charge in [-0.15, -0.1) is 0 Å². The van der Waals surface area contributed by atoms with Crippen LogP contribution in [0, 0.1) is 0 Å². The maximum absolute atomic E-state index is 12.8. The number of aromatic nitrogens is 3. The summed E-state index contributed by atoms with van der Waals surface area (Å²) in [7, 11) is 1.60. The molecule has 0 fully saturated rings. The maximum Gasteiger partial charge on any atom is 0.338 e. The highest BCUT2D eigenvalue weighted by molar-refractivity contribution is 5.92. The summed E-state index contributed by atoms with van der Waals surface area (Å²) in [4.78, 5) is 17.1. The van der Waals surface area contributed by atoms with E-state index < -0.39 is 12.0 Å². The molecule has 3 rings (SSSR count). The molecule has 1 N–H and O–H groups in total. The molecule has 0 saturated carbocycles. The lowest BCUT2D eigenvalue weighted by molar-refractivity contribution is -0.138. The number of hydrogen-bond acceptors (Lipinski definition) is 7. The van der Waals surface area contributed by atoms with Gasteiger partial charge in [0.05, 0.1) is 19.3 Å². The van der Waals surface area contributed by atoms with Crippen molar-refractivity contribution < 1.29 is 19.0 Å². The zero-order valence-electron chi connectivity index (χ0n) is 17.7. The number of anilines is 1. The lowest BCUT2D eigenvalue weighted by Crippen LogP contribution is -2.29. The Hall–Kier alpha value is -3.29. The molecule has 1 unspecified atom stereocenters. The summed E-state index contributed by atoms with van der Waals surface area (Å²) in [6.07, 6.45) is 6.21. The van der Waals surface area contributed by atoms with Gasteiger partial charge >= 0.3 is 5.97 Å². The lowest BCUT2D eigenvalue weighted by atomic mass is 9.95. The Kier molecular flexibility index (Phi) is 7.11. The van der Waals surface area contributed by atoms with E-state index in [0.717, 1.165) is 24.8 Å². The third-order valence-corrected chi connectivity index (χ3v) is 4.86. The fourth-order valence-corrected chi connectivity index (χ4v) is 3.38. The quantitative estimate of drug-likeness (QED) is 0.360. The molecule has 8 nitrogen and oxygen atoms in total. The van der Waals surface area contributed by atoms with Gasteiger partial charge in [0.25, 0.3) is 0 Å². The highest BCUT2D eigenvalue weighted by Crippen LogP contribution is 2.38. The predicted octanol–water partition coefficient (Wildman–Crippen LogP) is 3.87. The van der Waals surface area contributed by atoms with Crippen molar-refractivity contribution in [2.45, 2.75) is 39.2 Å². The van der Waals surface area contributed by atoms with Gasteiger partial charge in [-0.2, -0.15) is 10.1 Å². The number of methoxy groups -OCH3 is 1. The number of rotatable bonds is 10. The lowest BCUT2D eigenvalue weighted by Gasteiger charge is -2.28. The van der Waals surface area contributed by atoms with Gasteiger partial charge in [0.15, 0.2) is 11.5 Å². The molecule has 0 saturated heterocycles. The normalized spacial score (nSPS) is 15.2. The highest BCUT2D eigenvalue weighted by atomic mass is 16.5. The predicted molar refractivity (Wildman–Crippen MR) is 114 cm³/mol. The smallest absolute Gasteiger partial charge is 0.338 e. The van der Waals surface area contributed by atoms with Gasteiger partial charge in [0, 0.05) is 5.70 Å². The van der Waals surface area contributed by atoms with Crippen LogP contribution in [-0.4, -0.2) is 41.1 Å². The van der Waals surface area contributed by atoms with E-state index in [-0.39, 0.29) is 6.61 Å². The number of hydrogen-bond donors (Lipinski definition) is 1. The van der Waals surface area contributed by atoms with Crippen molar-refractivity contribution in [1.29, 1.82) is 0 Å². The molecule has 0 aliphatic carbocycles. The highest BCUT2D eigenvalue weighted by Gasteiger charge is 2.34. The number of esters is 1. The van der Waals surface area contributed by atoms with Crippen LogP contribution in [0.5, 0.6) is 11.5 Å². The van der Waals surface area contributed by atoms with E-state index in [9.17, 15) is 4.79 Å². The van der Waals surface area contributed by atoms with Crippen LogP contribution in [0.1, 0.15) is 44.7 Å². The summed E-state index contributed by atoms with van der Waals surface area (Å²) in [6, 6.07) is 5.13. The first-order valence-corrected chi connectivity index (χ1v) is 10.1. The summed E-state index contributed by atoms with van der Waals surface area (Å²) in [5.41, 5.74) is 1.92. The first-order valence-electron chi connectivity index (χ1n) is 10.1. The summed E-state index contributed by atoms with van der Waals surface area (Å²) >= 11 is 0. The van der Waals surface area contributed by atoms with Crippen molar-refractivity contribution in [3.8, 4) is 11.5 Å². The van der Waals surface area contributed by atoms with E-state index >= 15 is 0 Å². The molecule has 1 aromatic carbocycles. The van der Waals surface area contributed by atoms with Crippen LogP contribution in [0.15, 0.2) is 48.5 Å². The number of fused-ring (bicyclic) bond motifs is 1. The molecule has 2 heterocycles. The van der Waals surface area contributed by atoms with E-state index in [1.54, 1.807) is 11.8 Å². The number of carbonyl (C=O) groups is 1. The van der Waals surface area contributed by atoms with Gasteiger partial charge in [0.1, 0.15) is 19.0 Å². The minimum atomic E-state index is -0.510. The summed E-state index contributed by atoms with van der Waals surface area (Å²) < 4.78 is 18.4. The van der Waals surface area contributed by atoms with Gasteiger partial charge in [-0.3, -0.25) is 0 Å². The van der Waals surface area contributed by atoms with Crippen LogP contribution in [0.2, 0.25) is 0 Å². The number of benzene rings is 1. The van der Waals surface area contributed by atoms with Gasteiger partial charge in [-0.25, -0.2) is 9.48 Å². The third kappa shape index (κ3) is 4.48. The Morgan fingerprint density at radius 2 is 2.17 bits per heavy atom. The number of nitrogens with one attached hydrogen (secondary N) is 1. The minimum Gasteiger partial charge on any atom is -0.493 e. The Labute approximate surface area is 176 Å². The van der Waals surface area contributed by atoms with E-state index in [0.29, 0.717) is 35.3 Å². The number of allylic oxidation sites excluding steroid dienone is 1. The Morgan fingerprint density at radius 1 is 1.33 bits per heavy atom. The Balaban J connectivity index is 1.96. The molecule has 1 aromatic heterocycles. The third-order valence-electron chi connectivity index (χ3n) is 4.86. The van der Waals surface area contributed by atoms with Gasteiger partial charge < -0.3 is 19.5 Å². The first-order chi connectivity index (χ1) is 14.6. The molecular weight excluding hydrogens is 384 g/mol. The van der Waals surface area contributed by atoms with Gasteiger partial charge in [0.2, 0.25) is 5.95 Å². The fraction of sp³-hybridized carbons (Fsp3) is 0.409. The monoisotopic (exact) mass is 412 g/mol. The first kappa shape index (κ1) is 21.4. The molecular formula is C22H28N4O4. The second-order valence-corrected chi connectivity index (χ2v) is 6.95. The Morgan fingerprint density at radius 3 is 2.90 bits per heavy atom. The maximum atomic E-state index is 12.8. The van der Waals surface area contributed by atoms with Crippen LogP contribution in [0.4, 0.5) is 5.95 Å². The zero-order valence-corrected chi connectivity index (χ0v) is 17.7. The number of carbonyl (C=O) groups excluding carboxylic acids is 1. The summed E-state index contributed by atoms with van der Waals surface area (Å²) in [6.45, 7) is 8.33. The van der Waals surface area contributed by atoms with Crippen molar-refractivity contribution >= 4 is 11.9 Å². The van der Waals surface area contributed by atoms with Crippen LogP contribution < -0.4 is 14.8 Å². The standard InChI is InChI=1S/C22H28N4O4/c1-5-7-8-12-29-17-10-9-16(13-18(17)28-4)20-19(21(27)30-11-6-2)15(3)25-22-23-14-24-26(20)22/h6,9-10,13-14,20H,2,5,7-8,11-12H2,1,3-4H3,(H,23,24,25). The van der Waals surface area contributed by atoms with Crippen molar-refractivity contribution in [3.63, 3.8) is 0 Å². The molecule has 1 aliphatic rings. The van der Waals surface area contributed by atoms with E-state index in [2.05, 4.69) is 28.9 Å². The molecule has 1 aliphatic heterocycles. The Bertz CT molecular complexity index is 935. The molecule has 0 radical (unpaired) electrons.